The third kappa shape index (κ3) is 5.48. The highest BCUT2D eigenvalue weighted by Gasteiger charge is 2.47. The number of ether oxygens (including phenoxy) is 2. The number of likely N-dealkylation sites (tertiary alicyclic amines) is 1. The average Bonchev–Trinajstić information content (AvgIpc) is 3.25. The van der Waals surface area contributed by atoms with Gasteiger partial charge >= 0.3 is 0 Å². The first-order chi connectivity index (χ1) is 14.7. The summed E-state index contributed by atoms with van der Waals surface area (Å²) in [6.45, 7) is 4.36. The van der Waals surface area contributed by atoms with Crippen LogP contribution in [0.2, 0.25) is 0 Å². The zero-order valence-corrected chi connectivity index (χ0v) is 17.6. The monoisotopic (exact) mass is 408 g/mol. The molecule has 5 nitrogen and oxygen atoms in total. The molecule has 2 aliphatic heterocycles. The molecule has 5 heteroatoms. The van der Waals surface area contributed by atoms with Crippen molar-refractivity contribution in [3.63, 3.8) is 0 Å². The number of benzene rings is 2. The third-order valence-corrected chi connectivity index (χ3v) is 6.23. The van der Waals surface area contributed by atoms with Gasteiger partial charge < -0.3 is 19.7 Å². The van der Waals surface area contributed by atoms with Gasteiger partial charge in [-0.2, -0.15) is 0 Å². The Morgan fingerprint density at radius 2 is 1.73 bits per heavy atom. The molecule has 0 aromatic heterocycles. The highest BCUT2D eigenvalue weighted by atomic mass is 16.7. The maximum atomic E-state index is 12.3. The molecule has 1 unspecified atom stereocenters. The zero-order valence-electron chi connectivity index (χ0n) is 17.6. The van der Waals surface area contributed by atoms with E-state index in [0.29, 0.717) is 25.6 Å². The van der Waals surface area contributed by atoms with Crippen molar-refractivity contribution in [3.05, 3.63) is 66.2 Å². The van der Waals surface area contributed by atoms with E-state index in [0.717, 1.165) is 51.0 Å². The van der Waals surface area contributed by atoms with Gasteiger partial charge in [-0.3, -0.25) is 4.79 Å². The van der Waals surface area contributed by atoms with Crippen molar-refractivity contribution in [2.75, 3.05) is 38.2 Å². The highest BCUT2D eigenvalue weighted by molar-refractivity contribution is 5.90. The zero-order chi connectivity index (χ0) is 20.7. The number of nitrogens with zero attached hydrogens (tertiary/aromatic N) is 1. The van der Waals surface area contributed by atoms with Crippen LogP contribution in [0.3, 0.4) is 0 Å². The molecule has 2 heterocycles. The Hall–Kier alpha value is -2.21. The number of para-hydroxylation sites is 1. The molecular formula is C25H32N2O3. The van der Waals surface area contributed by atoms with E-state index in [4.69, 9.17) is 9.47 Å². The fourth-order valence-corrected chi connectivity index (χ4v) is 4.61. The second-order valence-corrected chi connectivity index (χ2v) is 8.30. The molecule has 30 heavy (non-hydrogen) atoms. The molecule has 4 rings (SSSR count). The lowest BCUT2D eigenvalue weighted by atomic mass is 9.86. The van der Waals surface area contributed by atoms with E-state index in [1.807, 2.05) is 30.3 Å². The van der Waals surface area contributed by atoms with Crippen molar-refractivity contribution >= 4 is 11.6 Å². The smallest absolute Gasteiger partial charge is 0.224 e. The van der Waals surface area contributed by atoms with Crippen LogP contribution in [0.15, 0.2) is 60.7 Å². The molecule has 0 radical (unpaired) electrons. The van der Waals surface area contributed by atoms with Gasteiger partial charge in [0.05, 0.1) is 13.2 Å². The normalized spacial score (nSPS) is 21.0. The Kier molecular flexibility index (Phi) is 7.16. The predicted molar refractivity (Wildman–Crippen MR) is 118 cm³/mol. The lowest BCUT2D eigenvalue weighted by Gasteiger charge is -2.44. The number of carbonyl (C=O) groups excluding carboxylic acids is 1. The topological polar surface area (TPSA) is 50.8 Å². The number of nitrogens with one attached hydrogen (secondary N) is 1. The average molecular weight is 409 g/mol. The molecule has 1 atom stereocenters. The minimum Gasteiger partial charge on any atom is -0.347 e. The van der Waals surface area contributed by atoms with Crippen molar-refractivity contribution in [1.29, 1.82) is 0 Å². The molecule has 2 aromatic rings. The van der Waals surface area contributed by atoms with E-state index in [-0.39, 0.29) is 5.91 Å². The summed E-state index contributed by atoms with van der Waals surface area (Å²) < 4.78 is 12.2. The number of hydrogen-bond acceptors (Lipinski definition) is 4. The van der Waals surface area contributed by atoms with Crippen LogP contribution in [0.4, 0.5) is 5.69 Å². The molecule has 1 amide bonds. The second-order valence-electron chi connectivity index (χ2n) is 8.30. The first kappa shape index (κ1) is 21.0. The molecule has 1 N–H and O–H groups in total. The number of piperidine rings is 1. The van der Waals surface area contributed by atoms with Gasteiger partial charge in [0.2, 0.25) is 5.91 Å². The Bertz CT molecular complexity index is 791. The summed E-state index contributed by atoms with van der Waals surface area (Å²) in [5.74, 6) is -0.0756. The summed E-state index contributed by atoms with van der Waals surface area (Å²) >= 11 is 0. The SMILES string of the molecule is O=C(CCCC1CN(CCc2ccccc2)CCC12OCCO2)Nc1ccccc1. The highest BCUT2D eigenvalue weighted by Crippen LogP contribution is 2.38. The fraction of sp³-hybridized carbons (Fsp3) is 0.480. The van der Waals surface area contributed by atoms with E-state index in [1.54, 1.807) is 0 Å². The largest absolute Gasteiger partial charge is 0.347 e. The summed E-state index contributed by atoms with van der Waals surface area (Å²) in [5, 5.41) is 2.98. The van der Waals surface area contributed by atoms with Gasteiger partial charge in [-0.1, -0.05) is 48.5 Å². The van der Waals surface area contributed by atoms with Crippen LogP contribution in [0, 0.1) is 5.92 Å². The van der Waals surface area contributed by atoms with E-state index in [1.165, 1.54) is 5.56 Å². The second kappa shape index (κ2) is 10.2. The molecule has 0 bridgehead atoms. The molecule has 2 saturated heterocycles. The van der Waals surface area contributed by atoms with Crippen LogP contribution in [-0.4, -0.2) is 49.4 Å². The van der Waals surface area contributed by atoms with Gasteiger partial charge in [0.15, 0.2) is 5.79 Å². The number of rotatable bonds is 8. The fourth-order valence-electron chi connectivity index (χ4n) is 4.61. The Morgan fingerprint density at radius 3 is 2.47 bits per heavy atom. The molecule has 0 saturated carbocycles. The molecular weight excluding hydrogens is 376 g/mol. The summed E-state index contributed by atoms with van der Waals surface area (Å²) in [5.41, 5.74) is 2.23. The standard InChI is InChI=1S/C25H32N2O3/c28-24(26-23-11-5-2-6-12-23)13-7-10-22-20-27(16-14-21-8-3-1-4-9-21)17-15-25(22)29-18-19-30-25/h1-6,8-9,11-12,22H,7,10,13-20H2,(H,26,28). The van der Waals surface area contributed by atoms with Crippen LogP contribution in [0.1, 0.15) is 31.2 Å². The van der Waals surface area contributed by atoms with Crippen LogP contribution < -0.4 is 5.32 Å². The van der Waals surface area contributed by atoms with Crippen molar-refractivity contribution in [1.82, 2.24) is 4.90 Å². The van der Waals surface area contributed by atoms with Gasteiger partial charge in [0, 0.05) is 44.1 Å². The molecule has 1 spiro atoms. The van der Waals surface area contributed by atoms with Gasteiger partial charge in [0.1, 0.15) is 0 Å². The van der Waals surface area contributed by atoms with Crippen LogP contribution in [0.5, 0.6) is 0 Å². The number of amides is 1. The predicted octanol–water partition coefficient (Wildman–Crippen LogP) is 4.10. The van der Waals surface area contributed by atoms with Crippen LogP contribution in [0.25, 0.3) is 0 Å². The number of carbonyl (C=O) groups is 1. The summed E-state index contributed by atoms with van der Waals surface area (Å²) in [4.78, 5) is 14.8. The lowest BCUT2D eigenvalue weighted by molar-refractivity contribution is -0.222. The first-order valence-corrected chi connectivity index (χ1v) is 11.1. The van der Waals surface area contributed by atoms with E-state index in [9.17, 15) is 4.79 Å². The van der Waals surface area contributed by atoms with Gasteiger partial charge in [0.25, 0.3) is 0 Å². The quantitative estimate of drug-likeness (QED) is 0.714. The van der Waals surface area contributed by atoms with Crippen LogP contribution in [-0.2, 0) is 20.7 Å². The van der Waals surface area contributed by atoms with E-state index in [2.05, 4.69) is 40.5 Å². The van der Waals surface area contributed by atoms with Crippen molar-refractivity contribution < 1.29 is 14.3 Å². The van der Waals surface area contributed by atoms with Crippen LogP contribution >= 0.6 is 0 Å². The molecule has 2 aromatic carbocycles. The minimum absolute atomic E-state index is 0.0697. The summed E-state index contributed by atoms with van der Waals surface area (Å²) in [7, 11) is 0. The van der Waals surface area contributed by atoms with Gasteiger partial charge in [-0.15, -0.1) is 0 Å². The Labute approximate surface area is 179 Å². The minimum atomic E-state index is -0.445. The Morgan fingerprint density at radius 1 is 1.03 bits per heavy atom. The van der Waals surface area contributed by atoms with Crippen molar-refractivity contribution in [2.45, 2.75) is 37.9 Å². The lowest BCUT2D eigenvalue weighted by Crippen LogP contribution is -2.53. The molecule has 2 aliphatic rings. The van der Waals surface area contributed by atoms with Gasteiger partial charge in [-0.05, 0) is 37.0 Å². The van der Waals surface area contributed by atoms with Gasteiger partial charge in [-0.25, -0.2) is 0 Å². The first-order valence-electron chi connectivity index (χ1n) is 11.1. The van der Waals surface area contributed by atoms with Crippen molar-refractivity contribution in [3.8, 4) is 0 Å². The molecule has 160 valence electrons. The Balaban J connectivity index is 1.28. The van der Waals surface area contributed by atoms with E-state index < -0.39 is 5.79 Å². The molecule has 0 aliphatic carbocycles. The molecule has 2 fully saturated rings. The maximum absolute atomic E-state index is 12.3. The van der Waals surface area contributed by atoms with Crippen molar-refractivity contribution in [2.24, 2.45) is 5.92 Å². The number of hydrogen-bond donors (Lipinski definition) is 1. The third-order valence-electron chi connectivity index (χ3n) is 6.23. The maximum Gasteiger partial charge on any atom is 0.224 e. The van der Waals surface area contributed by atoms with E-state index >= 15 is 0 Å². The summed E-state index contributed by atoms with van der Waals surface area (Å²) in [6, 6.07) is 20.3. The number of anilines is 1. The summed E-state index contributed by atoms with van der Waals surface area (Å²) in [6.07, 6.45) is 4.25.